The molecule has 1 amide bonds. The number of carbonyl (C=O) groups excluding carboxylic acids is 1. The molecule has 0 bridgehead atoms. The van der Waals surface area contributed by atoms with Gasteiger partial charge in [0.15, 0.2) is 0 Å². The summed E-state index contributed by atoms with van der Waals surface area (Å²) in [5.41, 5.74) is 6.00. The van der Waals surface area contributed by atoms with Gasteiger partial charge in [0.25, 0.3) is 0 Å². The second-order valence-electron chi connectivity index (χ2n) is 5.05. The van der Waals surface area contributed by atoms with Crippen LogP contribution in [0.2, 0.25) is 0 Å². The Kier molecular flexibility index (Phi) is 5.22. The summed E-state index contributed by atoms with van der Waals surface area (Å²) in [6, 6.07) is 0.0767. The summed E-state index contributed by atoms with van der Waals surface area (Å²) < 4.78 is 4.99. The third-order valence-electron chi connectivity index (χ3n) is 3.31. The minimum absolute atomic E-state index is 0.0194. The minimum atomic E-state index is -0.0249. The van der Waals surface area contributed by atoms with Crippen molar-refractivity contribution in [3.63, 3.8) is 0 Å². The van der Waals surface area contributed by atoms with E-state index in [4.69, 9.17) is 10.5 Å². The molecule has 1 fully saturated rings. The zero-order chi connectivity index (χ0) is 12.1. The van der Waals surface area contributed by atoms with Crippen LogP contribution in [0, 0.1) is 11.8 Å². The SMILES string of the molecule is COCC(C)NC(=O)C1CC(C)CCC1N. The lowest BCUT2D eigenvalue weighted by molar-refractivity contribution is -0.127. The van der Waals surface area contributed by atoms with Crippen molar-refractivity contribution in [1.29, 1.82) is 0 Å². The molecule has 94 valence electrons. The quantitative estimate of drug-likeness (QED) is 0.751. The summed E-state index contributed by atoms with van der Waals surface area (Å²) in [6.07, 6.45) is 3.00. The van der Waals surface area contributed by atoms with Crippen LogP contribution in [0.4, 0.5) is 0 Å². The van der Waals surface area contributed by atoms with Crippen molar-refractivity contribution < 1.29 is 9.53 Å². The summed E-state index contributed by atoms with van der Waals surface area (Å²) >= 11 is 0. The molecule has 1 aliphatic rings. The minimum Gasteiger partial charge on any atom is -0.383 e. The predicted octanol–water partition coefficient (Wildman–Crippen LogP) is 0.901. The van der Waals surface area contributed by atoms with Crippen LogP contribution >= 0.6 is 0 Å². The average molecular weight is 228 g/mol. The van der Waals surface area contributed by atoms with Crippen LogP contribution in [0.3, 0.4) is 0 Å². The van der Waals surface area contributed by atoms with Crippen LogP contribution < -0.4 is 11.1 Å². The summed E-state index contributed by atoms with van der Waals surface area (Å²) in [5.74, 6) is 0.667. The fourth-order valence-corrected chi connectivity index (χ4v) is 2.35. The van der Waals surface area contributed by atoms with Gasteiger partial charge in [0.1, 0.15) is 0 Å². The molecule has 0 heterocycles. The van der Waals surface area contributed by atoms with E-state index in [1.807, 2.05) is 6.92 Å². The molecule has 0 aliphatic heterocycles. The number of rotatable bonds is 4. The number of nitrogens with two attached hydrogens (primary N) is 1. The number of ether oxygens (including phenoxy) is 1. The van der Waals surface area contributed by atoms with Crippen molar-refractivity contribution in [1.82, 2.24) is 5.32 Å². The maximum absolute atomic E-state index is 12.0. The Balaban J connectivity index is 2.45. The molecule has 1 aliphatic carbocycles. The Hall–Kier alpha value is -0.610. The number of hydrogen-bond donors (Lipinski definition) is 2. The van der Waals surface area contributed by atoms with Crippen LogP contribution in [-0.2, 0) is 9.53 Å². The van der Waals surface area contributed by atoms with E-state index in [0.29, 0.717) is 12.5 Å². The van der Waals surface area contributed by atoms with E-state index in [-0.39, 0.29) is 23.9 Å². The van der Waals surface area contributed by atoms with Gasteiger partial charge in [-0.05, 0) is 32.1 Å². The molecule has 1 saturated carbocycles. The zero-order valence-electron chi connectivity index (χ0n) is 10.5. The van der Waals surface area contributed by atoms with Gasteiger partial charge in [0, 0.05) is 19.2 Å². The molecule has 0 spiro atoms. The highest BCUT2D eigenvalue weighted by molar-refractivity contribution is 5.79. The molecular formula is C12H24N2O2. The van der Waals surface area contributed by atoms with E-state index in [2.05, 4.69) is 12.2 Å². The molecule has 16 heavy (non-hydrogen) atoms. The lowest BCUT2D eigenvalue weighted by atomic mass is 9.78. The maximum atomic E-state index is 12.0. The highest BCUT2D eigenvalue weighted by Gasteiger charge is 2.31. The molecule has 0 radical (unpaired) electrons. The topological polar surface area (TPSA) is 64.3 Å². The number of amides is 1. The molecule has 4 unspecified atom stereocenters. The van der Waals surface area contributed by atoms with Crippen LogP contribution in [0.1, 0.15) is 33.1 Å². The van der Waals surface area contributed by atoms with Crippen molar-refractivity contribution in [2.45, 2.75) is 45.2 Å². The Morgan fingerprint density at radius 2 is 2.25 bits per heavy atom. The fourth-order valence-electron chi connectivity index (χ4n) is 2.35. The van der Waals surface area contributed by atoms with Gasteiger partial charge < -0.3 is 15.8 Å². The van der Waals surface area contributed by atoms with Crippen molar-refractivity contribution in [3.8, 4) is 0 Å². The molecule has 0 saturated heterocycles. The number of methoxy groups -OCH3 is 1. The highest BCUT2D eigenvalue weighted by Crippen LogP contribution is 2.28. The molecule has 0 aromatic heterocycles. The summed E-state index contributed by atoms with van der Waals surface area (Å²) in [4.78, 5) is 12.0. The third kappa shape index (κ3) is 3.76. The van der Waals surface area contributed by atoms with Crippen LogP contribution in [0.15, 0.2) is 0 Å². The first-order valence-corrected chi connectivity index (χ1v) is 6.09. The smallest absolute Gasteiger partial charge is 0.224 e. The second kappa shape index (κ2) is 6.21. The van der Waals surface area contributed by atoms with E-state index in [1.54, 1.807) is 7.11 Å². The first-order chi connectivity index (χ1) is 7.54. The molecule has 4 nitrogen and oxygen atoms in total. The largest absolute Gasteiger partial charge is 0.383 e. The van der Waals surface area contributed by atoms with Gasteiger partial charge in [-0.3, -0.25) is 4.79 Å². The number of hydrogen-bond acceptors (Lipinski definition) is 3. The molecule has 4 atom stereocenters. The van der Waals surface area contributed by atoms with E-state index >= 15 is 0 Å². The third-order valence-corrected chi connectivity index (χ3v) is 3.31. The van der Waals surface area contributed by atoms with Crippen LogP contribution in [0.25, 0.3) is 0 Å². The van der Waals surface area contributed by atoms with E-state index in [9.17, 15) is 4.79 Å². The van der Waals surface area contributed by atoms with Gasteiger partial charge >= 0.3 is 0 Å². The zero-order valence-corrected chi connectivity index (χ0v) is 10.5. The van der Waals surface area contributed by atoms with Crippen molar-refractivity contribution in [3.05, 3.63) is 0 Å². The molecule has 3 N–H and O–H groups in total. The van der Waals surface area contributed by atoms with E-state index in [1.165, 1.54) is 0 Å². The van der Waals surface area contributed by atoms with E-state index < -0.39 is 0 Å². The molecule has 1 rings (SSSR count). The Labute approximate surface area is 97.9 Å². The van der Waals surface area contributed by atoms with Gasteiger partial charge in [-0.25, -0.2) is 0 Å². The van der Waals surface area contributed by atoms with Gasteiger partial charge in [-0.1, -0.05) is 6.92 Å². The first-order valence-electron chi connectivity index (χ1n) is 6.09. The van der Waals surface area contributed by atoms with Gasteiger partial charge in [-0.15, -0.1) is 0 Å². The Morgan fingerprint density at radius 3 is 2.88 bits per heavy atom. The summed E-state index contributed by atoms with van der Waals surface area (Å²) in [6.45, 7) is 4.67. The second-order valence-corrected chi connectivity index (χ2v) is 5.05. The van der Waals surface area contributed by atoms with Crippen molar-refractivity contribution >= 4 is 5.91 Å². The van der Waals surface area contributed by atoms with Crippen LogP contribution in [0.5, 0.6) is 0 Å². The lowest BCUT2D eigenvalue weighted by Crippen LogP contribution is -2.48. The number of carbonyl (C=O) groups is 1. The van der Waals surface area contributed by atoms with Crippen molar-refractivity contribution in [2.75, 3.05) is 13.7 Å². The fraction of sp³-hybridized carbons (Fsp3) is 0.917. The van der Waals surface area contributed by atoms with Gasteiger partial charge in [0.2, 0.25) is 5.91 Å². The van der Waals surface area contributed by atoms with Gasteiger partial charge in [0.05, 0.1) is 12.5 Å². The summed E-state index contributed by atoms with van der Waals surface area (Å²) in [5, 5.41) is 2.96. The van der Waals surface area contributed by atoms with Crippen molar-refractivity contribution in [2.24, 2.45) is 17.6 Å². The van der Waals surface area contributed by atoms with E-state index in [0.717, 1.165) is 19.3 Å². The van der Waals surface area contributed by atoms with Gasteiger partial charge in [-0.2, -0.15) is 0 Å². The average Bonchev–Trinajstić information content (AvgIpc) is 2.21. The summed E-state index contributed by atoms with van der Waals surface area (Å²) in [7, 11) is 1.64. The Morgan fingerprint density at radius 1 is 1.56 bits per heavy atom. The molecule has 0 aromatic rings. The standard InChI is InChI=1S/C12H24N2O2/c1-8-4-5-11(13)10(6-8)12(15)14-9(2)7-16-3/h8-11H,4-7,13H2,1-3H3,(H,14,15). The molecular weight excluding hydrogens is 204 g/mol. The molecule has 0 aromatic carbocycles. The van der Waals surface area contributed by atoms with Crippen LogP contribution in [-0.4, -0.2) is 31.7 Å². The monoisotopic (exact) mass is 228 g/mol. The first kappa shape index (κ1) is 13.5. The normalized spacial score (nSPS) is 32.1. The number of nitrogens with one attached hydrogen (secondary N) is 1. The highest BCUT2D eigenvalue weighted by atomic mass is 16.5. The Bertz CT molecular complexity index is 233. The maximum Gasteiger partial charge on any atom is 0.224 e. The molecule has 4 heteroatoms. The predicted molar refractivity (Wildman–Crippen MR) is 64.0 cm³/mol. The lowest BCUT2D eigenvalue weighted by Gasteiger charge is -2.32.